The summed E-state index contributed by atoms with van der Waals surface area (Å²) in [5.74, 6) is -0.869. The van der Waals surface area contributed by atoms with Crippen LogP contribution >= 0.6 is 0 Å². The van der Waals surface area contributed by atoms with E-state index >= 15 is 0 Å². The van der Waals surface area contributed by atoms with Crippen molar-refractivity contribution in [2.75, 3.05) is 17.3 Å². The van der Waals surface area contributed by atoms with Gasteiger partial charge in [0.1, 0.15) is 5.82 Å². The predicted octanol–water partition coefficient (Wildman–Crippen LogP) is 3.77. The van der Waals surface area contributed by atoms with Gasteiger partial charge in [-0.15, -0.1) is 0 Å². The molecule has 0 aliphatic rings. The van der Waals surface area contributed by atoms with Crippen molar-refractivity contribution in [1.82, 2.24) is 4.57 Å². The van der Waals surface area contributed by atoms with Gasteiger partial charge in [-0.25, -0.2) is 4.39 Å². The van der Waals surface area contributed by atoms with E-state index in [0.29, 0.717) is 22.3 Å². The van der Waals surface area contributed by atoms with Gasteiger partial charge in [0.05, 0.1) is 16.8 Å². The topological polar surface area (TPSA) is 54.3 Å². The standard InChI is InChI=1S/C21H22FN3O2/c1-13(2)24(3)19-10-9-14(11-17(19)22)23-21(27)16-12-20(26)25(4)18-8-6-5-7-15(16)18/h5-13H,1-4H3,(H,23,27). The van der Waals surface area contributed by atoms with Crippen LogP contribution in [0.5, 0.6) is 0 Å². The zero-order valence-corrected chi connectivity index (χ0v) is 15.8. The Morgan fingerprint density at radius 2 is 1.85 bits per heavy atom. The number of nitrogens with zero attached hydrogens (tertiary/aromatic N) is 2. The highest BCUT2D eigenvalue weighted by Gasteiger charge is 2.15. The van der Waals surface area contributed by atoms with Gasteiger partial charge in [-0.3, -0.25) is 9.59 Å². The Morgan fingerprint density at radius 1 is 1.15 bits per heavy atom. The lowest BCUT2D eigenvalue weighted by Gasteiger charge is -2.24. The molecule has 0 unspecified atom stereocenters. The number of rotatable bonds is 4. The van der Waals surface area contributed by atoms with E-state index in [1.54, 1.807) is 37.4 Å². The van der Waals surface area contributed by atoms with Crippen LogP contribution in [0.4, 0.5) is 15.8 Å². The van der Waals surface area contributed by atoms with E-state index in [1.165, 1.54) is 16.7 Å². The Kier molecular flexibility index (Phi) is 4.99. The van der Waals surface area contributed by atoms with E-state index in [0.717, 1.165) is 0 Å². The summed E-state index contributed by atoms with van der Waals surface area (Å²) >= 11 is 0. The molecule has 1 heterocycles. The summed E-state index contributed by atoms with van der Waals surface area (Å²) in [6, 6.07) is 13.2. The zero-order chi connectivity index (χ0) is 19.7. The Balaban J connectivity index is 1.95. The van der Waals surface area contributed by atoms with E-state index in [2.05, 4.69) is 5.32 Å². The minimum atomic E-state index is -0.451. The van der Waals surface area contributed by atoms with Crippen LogP contribution in [0.3, 0.4) is 0 Å². The van der Waals surface area contributed by atoms with Gasteiger partial charge in [0.15, 0.2) is 0 Å². The first-order chi connectivity index (χ1) is 12.8. The molecule has 0 bridgehead atoms. The second kappa shape index (κ2) is 7.23. The van der Waals surface area contributed by atoms with Crippen molar-refractivity contribution in [3.05, 3.63) is 70.3 Å². The summed E-state index contributed by atoms with van der Waals surface area (Å²) in [5, 5.41) is 3.35. The Morgan fingerprint density at radius 3 is 2.52 bits per heavy atom. The first kappa shape index (κ1) is 18.6. The van der Waals surface area contributed by atoms with Crippen LogP contribution in [0.2, 0.25) is 0 Å². The number of amides is 1. The summed E-state index contributed by atoms with van der Waals surface area (Å²) in [7, 11) is 3.47. The maximum Gasteiger partial charge on any atom is 0.256 e. The zero-order valence-electron chi connectivity index (χ0n) is 15.8. The van der Waals surface area contributed by atoms with Gasteiger partial charge in [0.2, 0.25) is 0 Å². The number of fused-ring (bicyclic) bond motifs is 1. The number of para-hydroxylation sites is 1. The number of aryl methyl sites for hydroxylation is 1. The molecule has 1 N–H and O–H groups in total. The number of hydrogen-bond donors (Lipinski definition) is 1. The van der Waals surface area contributed by atoms with E-state index in [1.807, 2.05) is 31.9 Å². The molecule has 2 aromatic carbocycles. The lowest BCUT2D eigenvalue weighted by atomic mass is 10.1. The molecule has 1 amide bonds. The van der Waals surface area contributed by atoms with Gasteiger partial charge >= 0.3 is 0 Å². The van der Waals surface area contributed by atoms with Gasteiger partial charge in [-0.05, 0) is 38.1 Å². The van der Waals surface area contributed by atoms with Gasteiger partial charge in [0.25, 0.3) is 11.5 Å². The van der Waals surface area contributed by atoms with Crippen molar-refractivity contribution >= 4 is 28.2 Å². The van der Waals surface area contributed by atoms with Crippen molar-refractivity contribution in [1.29, 1.82) is 0 Å². The first-order valence-corrected chi connectivity index (χ1v) is 8.72. The highest BCUT2D eigenvalue weighted by molar-refractivity contribution is 6.12. The third kappa shape index (κ3) is 3.56. The number of halogens is 1. The molecular weight excluding hydrogens is 345 g/mol. The summed E-state index contributed by atoms with van der Waals surface area (Å²) < 4.78 is 15.9. The molecule has 6 heteroatoms. The van der Waals surface area contributed by atoms with Crippen molar-refractivity contribution in [2.24, 2.45) is 7.05 Å². The van der Waals surface area contributed by atoms with Crippen molar-refractivity contribution < 1.29 is 9.18 Å². The molecule has 0 aliphatic carbocycles. The number of benzene rings is 2. The van der Waals surface area contributed by atoms with Gasteiger partial charge in [0, 0.05) is 37.3 Å². The number of aromatic nitrogens is 1. The Labute approximate surface area is 157 Å². The lowest BCUT2D eigenvalue weighted by Crippen LogP contribution is -2.26. The average Bonchev–Trinajstić information content (AvgIpc) is 2.64. The monoisotopic (exact) mass is 367 g/mol. The molecule has 1 aromatic heterocycles. The number of carbonyl (C=O) groups is 1. The molecular formula is C21H22FN3O2. The molecule has 0 saturated carbocycles. The van der Waals surface area contributed by atoms with E-state index < -0.39 is 11.7 Å². The lowest BCUT2D eigenvalue weighted by molar-refractivity contribution is 0.102. The molecule has 0 atom stereocenters. The summed E-state index contributed by atoms with van der Waals surface area (Å²) in [6.07, 6.45) is 0. The minimum Gasteiger partial charge on any atom is -0.370 e. The quantitative estimate of drug-likeness (QED) is 0.764. The maximum atomic E-state index is 14.4. The van der Waals surface area contributed by atoms with Crippen LogP contribution < -0.4 is 15.8 Å². The Hall–Kier alpha value is -3.15. The molecule has 0 aliphatic heterocycles. The van der Waals surface area contributed by atoms with Crippen LogP contribution in [0.1, 0.15) is 24.2 Å². The highest BCUT2D eigenvalue weighted by Crippen LogP contribution is 2.24. The third-order valence-electron chi connectivity index (χ3n) is 4.76. The molecule has 0 radical (unpaired) electrons. The summed E-state index contributed by atoms with van der Waals surface area (Å²) in [5.41, 5.74) is 1.44. The number of anilines is 2. The van der Waals surface area contributed by atoms with E-state index in [-0.39, 0.29) is 17.2 Å². The SMILES string of the molecule is CC(C)N(C)c1ccc(NC(=O)c2cc(=O)n(C)c3ccccc23)cc1F. The first-order valence-electron chi connectivity index (χ1n) is 8.72. The number of pyridine rings is 1. The Bertz CT molecular complexity index is 1070. The molecule has 5 nitrogen and oxygen atoms in total. The average molecular weight is 367 g/mol. The molecule has 0 fully saturated rings. The molecule has 0 spiro atoms. The van der Waals surface area contributed by atoms with Crippen molar-refractivity contribution in [3.63, 3.8) is 0 Å². The van der Waals surface area contributed by atoms with Crippen LogP contribution in [0.25, 0.3) is 10.9 Å². The largest absolute Gasteiger partial charge is 0.370 e. The van der Waals surface area contributed by atoms with Crippen molar-refractivity contribution in [2.45, 2.75) is 19.9 Å². The highest BCUT2D eigenvalue weighted by atomic mass is 19.1. The summed E-state index contributed by atoms with van der Waals surface area (Å²) in [4.78, 5) is 26.7. The number of carbonyl (C=O) groups excluding carboxylic acids is 1. The third-order valence-corrected chi connectivity index (χ3v) is 4.76. The smallest absolute Gasteiger partial charge is 0.256 e. The molecule has 3 aromatic rings. The summed E-state index contributed by atoms with van der Waals surface area (Å²) in [6.45, 7) is 3.94. The fraction of sp³-hybridized carbons (Fsp3) is 0.238. The predicted molar refractivity (Wildman–Crippen MR) is 107 cm³/mol. The van der Waals surface area contributed by atoms with E-state index in [4.69, 9.17) is 0 Å². The van der Waals surface area contributed by atoms with Gasteiger partial charge in [-0.1, -0.05) is 18.2 Å². The molecule has 0 saturated heterocycles. The normalized spacial score (nSPS) is 11.0. The second-order valence-corrected chi connectivity index (χ2v) is 6.80. The van der Waals surface area contributed by atoms with Crippen molar-refractivity contribution in [3.8, 4) is 0 Å². The fourth-order valence-electron chi connectivity index (χ4n) is 2.95. The van der Waals surface area contributed by atoms with Gasteiger partial charge < -0.3 is 14.8 Å². The minimum absolute atomic E-state index is 0.145. The maximum absolute atomic E-state index is 14.4. The van der Waals surface area contributed by atoms with Crippen LogP contribution in [-0.2, 0) is 7.05 Å². The molecule has 3 rings (SSSR count). The molecule has 27 heavy (non-hydrogen) atoms. The number of nitrogens with one attached hydrogen (secondary N) is 1. The van der Waals surface area contributed by atoms with Crippen LogP contribution in [-0.4, -0.2) is 23.6 Å². The number of hydrogen-bond acceptors (Lipinski definition) is 3. The second-order valence-electron chi connectivity index (χ2n) is 6.80. The van der Waals surface area contributed by atoms with Gasteiger partial charge in [-0.2, -0.15) is 0 Å². The van der Waals surface area contributed by atoms with Crippen LogP contribution in [0, 0.1) is 5.82 Å². The fourth-order valence-corrected chi connectivity index (χ4v) is 2.95. The molecule has 140 valence electrons. The van der Waals surface area contributed by atoms with E-state index in [9.17, 15) is 14.0 Å². The van der Waals surface area contributed by atoms with Crippen LogP contribution in [0.15, 0.2) is 53.3 Å².